The van der Waals surface area contributed by atoms with Crippen LogP contribution in [0.15, 0.2) is 12.3 Å². The molecule has 86 valence electrons. The number of hydrogen-bond acceptors (Lipinski definition) is 3. The molecule has 0 spiro atoms. The number of aromatic nitrogens is 2. The molecule has 0 bridgehead atoms. The second-order valence-corrected chi connectivity index (χ2v) is 4.37. The predicted molar refractivity (Wildman–Crippen MR) is 64.1 cm³/mol. The van der Waals surface area contributed by atoms with Crippen molar-refractivity contribution in [1.82, 2.24) is 14.7 Å². The van der Waals surface area contributed by atoms with Crippen LogP contribution in [0.2, 0.25) is 0 Å². The highest BCUT2D eigenvalue weighted by atomic mass is 32.1. The smallest absolute Gasteiger partial charge is 0.272 e. The summed E-state index contributed by atoms with van der Waals surface area (Å²) >= 11 is 4.98. The van der Waals surface area contributed by atoms with E-state index in [0.717, 1.165) is 12.8 Å². The van der Waals surface area contributed by atoms with Gasteiger partial charge >= 0.3 is 0 Å². The van der Waals surface area contributed by atoms with Crippen molar-refractivity contribution >= 4 is 23.1 Å². The molecule has 5 nitrogen and oxygen atoms in total. The molecule has 1 aliphatic heterocycles. The van der Waals surface area contributed by atoms with Crippen LogP contribution in [0.1, 0.15) is 23.3 Å². The lowest BCUT2D eigenvalue weighted by Gasteiger charge is -2.23. The number of carbonyl (C=O) groups is 1. The average Bonchev–Trinajstić information content (AvgIpc) is 2.84. The van der Waals surface area contributed by atoms with Gasteiger partial charge in [0.25, 0.3) is 5.91 Å². The molecule has 2 rings (SSSR count). The van der Waals surface area contributed by atoms with Gasteiger partial charge in [-0.3, -0.25) is 9.48 Å². The molecule has 6 heteroatoms. The minimum atomic E-state index is -0.0996. The second kappa shape index (κ2) is 4.21. The zero-order valence-corrected chi connectivity index (χ0v) is 9.91. The first kappa shape index (κ1) is 11.1. The van der Waals surface area contributed by atoms with Gasteiger partial charge in [-0.15, -0.1) is 0 Å². The Morgan fingerprint density at radius 3 is 3.00 bits per heavy atom. The van der Waals surface area contributed by atoms with Crippen LogP contribution in [-0.4, -0.2) is 38.2 Å². The lowest BCUT2D eigenvalue weighted by Crippen LogP contribution is -2.43. The standard InChI is InChI=1S/C10H14N4OS/c1-13-8(4-5-12-13)10(15)14-6-2-3-7(14)9(11)16/h4-5,7H,2-3,6H2,1H3,(H2,11,16). The van der Waals surface area contributed by atoms with Gasteiger partial charge in [-0.1, -0.05) is 12.2 Å². The quantitative estimate of drug-likeness (QED) is 0.753. The van der Waals surface area contributed by atoms with Gasteiger partial charge in [0.1, 0.15) is 5.69 Å². The molecule has 0 radical (unpaired) electrons. The minimum absolute atomic E-state index is 0.0460. The van der Waals surface area contributed by atoms with E-state index in [1.165, 1.54) is 0 Å². The number of likely N-dealkylation sites (tertiary alicyclic amines) is 1. The maximum absolute atomic E-state index is 12.2. The number of thiocarbonyl (C=S) groups is 1. The summed E-state index contributed by atoms with van der Waals surface area (Å²) in [4.78, 5) is 14.3. The summed E-state index contributed by atoms with van der Waals surface area (Å²) in [5.41, 5.74) is 6.20. The fraction of sp³-hybridized carbons (Fsp3) is 0.500. The highest BCUT2D eigenvalue weighted by Crippen LogP contribution is 2.20. The molecular formula is C10H14N4OS. The topological polar surface area (TPSA) is 64.2 Å². The molecule has 1 saturated heterocycles. The first-order valence-electron chi connectivity index (χ1n) is 5.19. The van der Waals surface area contributed by atoms with Gasteiger partial charge in [-0.2, -0.15) is 5.10 Å². The Balaban J connectivity index is 2.22. The van der Waals surface area contributed by atoms with Crippen molar-refractivity contribution in [2.24, 2.45) is 12.8 Å². The largest absolute Gasteiger partial charge is 0.392 e. The summed E-state index contributed by atoms with van der Waals surface area (Å²) in [6, 6.07) is 1.61. The van der Waals surface area contributed by atoms with E-state index >= 15 is 0 Å². The Bertz CT molecular complexity index is 428. The predicted octanol–water partition coefficient (Wildman–Crippen LogP) is 0.311. The maximum atomic E-state index is 12.2. The van der Waals surface area contributed by atoms with Crippen LogP contribution >= 0.6 is 12.2 Å². The number of amides is 1. The highest BCUT2D eigenvalue weighted by molar-refractivity contribution is 7.80. The van der Waals surface area contributed by atoms with Gasteiger partial charge in [0.05, 0.1) is 11.0 Å². The van der Waals surface area contributed by atoms with Crippen LogP contribution in [0.3, 0.4) is 0 Å². The van der Waals surface area contributed by atoms with E-state index in [4.69, 9.17) is 18.0 Å². The summed E-state index contributed by atoms with van der Waals surface area (Å²) < 4.78 is 1.57. The van der Waals surface area contributed by atoms with E-state index in [2.05, 4.69) is 5.10 Å². The third-order valence-corrected chi connectivity index (χ3v) is 3.15. The summed E-state index contributed by atoms with van der Waals surface area (Å²) in [7, 11) is 1.75. The van der Waals surface area contributed by atoms with Crippen LogP contribution in [-0.2, 0) is 7.05 Å². The van der Waals surface area contributed by atoms with E-state index in [9.17, 15) is 4.79 Å². The summed E-state index contributed by atoms with van der Waals surface area (Å²) in [6.07, 6.45) is 3.42. The minimum Gasteiger partial charge on any atom is -0.392 e. The third-order valence-electron chi connectivity index (χ3n) is 2.88. The Morgan fingerprint density at radius 2 is 2.44 bits per heavy atom. The van der Waals surface area contributed by atoms with Gasteiger partial charge in [-0.05, 0) is 18.9 Å². The number of aryl methyl sites for hydroxylation is 1. The highest BCUT2D eigenvalue weighted by Gasteiger charge is 2.32. The number of nitrogens with zero attached hydrogens (tertiary/aromatic N) is 3. The van der Waals surface area contributed by atoms with Crippen molar-refractivity contribution in [1.29, 1.82) is 0 Å². The lowest BCUT2D eigenvalue weighted by atomic mass is 10.2. The van der Waals surface area contributed by atoms with Gasteiger partial charge in [0.2, 0.25) is 0 Å². The first-order valence-corrected chi connectivity index (χ1v) is 5.60. The number of rotatable bonds is 2. The Kier molecular flexibility index (Phi) is 2.91. The zero-order valence-electron chi connectivity index (χ0n) is 9.09. The molecule has 1 unspecified atom stereocenters. The second-order valence-electron chi connectivity index (χ2n) is 3.90. The molecule has 2 heterocycles. The van der Waals surface area contributed by atoms with Crippen LogP contribution in [0.5, 0.6) is 0 Å². The molecule has 0 saturated carbocycles. The molecule has 1 atom stereocenters. The Hall–Kier alpha value is -1.43. The Labute approximate surface area is 99.2 Å². The van der Waals surface area contributed by atoms with E-state index in [1.807, 2.05) is 0 Å². The van der Waals surface area contributed by atoms with E-state index in [0.29, 0.717) is 17.2 Å². The van der Waals surface area contributed by atoms with E-state index in [1.54, 1.807) is 28.9 Å². The zero-order chi connectivity index (χ0) is 11.7. The third kappa shape index (κ3) is 1.80. The normalized spacial score (nSPS) is 20.1. The van der Waals surface area contributed by atoms with Gasteiger partial charge in [0.15, 0.2) is 0 Å². The van der Waals surface area contributed by atoms with Crippen molar-refractivity contribution in [3.63, 3.8) is 0 Å². The molecule has 2 N–H and O–H groups in total. The lowest BCUT2D eigenvalue weighted by molar-refractivity contribution is 0.0759. The van der Waals surface area contributed by atoms with E-state index < -0.39 is 0 Å². The molecule has 1 amide bonds. The van der Waals surface area contributed by atoms with Gasteiger partial charge < -0.3 is 10.6 Å². The van der Waals surface area contributed by atoms with Gasteiger partial charge in [0, 0.05) is 19.8 Å². The number of carbonyl (C=O) groups excluding carboxylic acids is 1. The molecule has 0 aliphatic carbocycles. The van der Waals surface area contributed by atoms with Crippen LogP contribution in [0.25, 0.3) is 0 Å². The molecule has 0 aromatic carbocycles. The Morgan fingerprint density at radius 1 is 1.69 bits per heavy atom. The summed E-state index contributed by atoms with van der Waals surface area (Å²) in [5.74, 6) is -0.0460. The molecule has 1 aliphatic rings. The van der Waals surface area contributed by atoms with Crippen molar-refractivity contribution in [3.8, 4) is 0 Å². The van der Waals surface area contributed by atoms with Gasteiger partial charge in [-0.25, -0.2) is 0 Å². The van der Waals surface area contributed by atoms with E-state index in [-0.39, 0.29) is 11.9 Å². The fourth-order valence-electron chi connectivity index (χ4n) is 2.04. The van der Waals surface area contributed by atoms with Crippen molar-refractivity contribution in [2.75, 3.05) is 6.54 Å². The van der Waals surface area contributed by atoms with Crippen LogP contribution < -0.4 is 5.73 Å². The van der Waals surface area contributed by atoms with Crippen LogP contribution in [0.4, 0.5) is 0 Å². The summed E-state index contributed by atoms with van der Waals surface area (Å²) in [5, 5.41) is 3.98. The van der Waals surface area contributed by atoms with Crippen molar-refractivity contribution < 1.29 is 4.79 Å². The van der Waals surface area contributed by atoms with Crippen molar-refractivity contribution in [2.45, 2.75) is 18.9 Å². The van der Waals surface area contributed by atoms with Crippen LogP contribution in [0, 0.1) is 0 Å². The monoisotopic (exact) mass is 238 g/mol. The number of hydrogen-bond donors (Lipinski definition) is 1. The summed E-state index contributed by atoms with van der Waals surface area (Å²) in [6.45, 7) is 0.714. The molecular weight excluding hydrogens is 224 g/mol. The molecule has 1 aromatic rings. The molecule has 16 heavy (non-hydrogen) atoms. The fourth-order valence-corrected chi connectivity index (χ4v) is 2.28. The maximum Gasteiger partial charge on any atom is 0.272 e. The number of nitrogens with two attached hydrogens (primary N) is 1. The first-order chi connectivity index (χ1) is 7.61. The molecule has 1 fully saturated rings. The van der Waals surface area contributed by atoms with Crippen molar-refractivity contribution in [3.05, 3.63) is 18.0 Å². The SMILES string of the molecule is Cn1nccc1C(=O)N1CCCC1C(N)=S. The average molecular weight is 238 g/mol. The molecule has 1 aromatic heterocycles.